The van der Waals surface area contributed by atoms with E-state index in [2.05, 4.69) is 20.6 Å². The first-order valence-corrected chi connectivity index (χ1v) is 8.75. The van der Waals surface area contributed by atoms with Crippen molar-refractivity contribution in [1.29, 1.82) is 0 Å². The van der Waals surface area contributed by atoms with Crippen LogP contribution in [0.5, 0.6) is 11.5 Å². The van der Waals surface area contributed by atoms with E-state index in [0.29, 0.717) is 25.6 Å². The van der Waals surface area contributed by atoms with Gasteiger partial charge in [-0.15, -0.1) is 0 Å². The SMILES string of the molecule is OCCNc1nc(NCc2ccc3c(c2)OCO3)cc([C@@H]2CCOC2)n1. The Labute approximate surface area is 151 Å². The Bertz CT molecular complexity index is 765. The predicted molar refractivity (Wildman–Crippen MR) is 95.7 cm³/mol. The van der Waals surface area contributed by atoms with Crippen molar-refractivity contribution in [1.82, 2.24) is 9.97 Å². The maximum atomic E-state index is 9.03. The van der Waals surface area contributed by atoms with Crippen LogP contribution in [-0.2, 0) is 11.3 Å². The van der Waals surface area contributed by atoms with E-state index < -0.39 is 0 Å². The minimum atomic E-state index is 0.0279. The molecule has 1 fully saturated rings. The van der Waals surface area contributed by atoms with E-state index in [9.17, 15) is 0 Å². The van der Waals surface area contributed by atoms with Crippen molar-refractivity contribution in [2.24, 2.45) is 0 Å². The molecule has 0 amide bonds. The number of anilines is 2. The summed E-state index contributed by atoms with van der Waals surface area (Å²) in [4.78, 5) is 9.05. The topological polar surface area (TPSA) is 97.8 Å². The lowest BCUT2D eigenvalue weighted by Gasteiger charge is -2.13. The molecule has 0 bridgehead atoms. The van der Waals surface area contributed by atoms with Gasteiger partial charge in [0.15, 0.2) is 11.5 Å². The van der Waals surface area contributed by atoms with E-state index in [1.165, 1.54) is 0 Å². The first-order valence-electron chi connectivity index (χ1n) is 8.75. The van der Waals surface area contributed by atoms with Crippen LogP contribution in [0.15, 0.2) is 24.3 Å². The Kier molecular flexibility index (Phi) is 5.03. The molecule has 1 atom stereocenters. The second-order valence-corrected chi connectivity index (χ2v) is 6.25. The van der Waals surface area contributed by atoms with Crippen LogP contribution in [0.4, 0.5) is 11.8 Å². The van der Waals surface area contributed by atoms with Gasteiger partial charge in [-0.25, -0.2) is 4.98 Å². The molecule has 2 aromatic rings. The van der Waals surface area contributed by atoms with Crippen LogP contribution in [0.1, 0.15) is 23.6 Å². The molecule has 8 heteroatoms. The minimum absolute atomic E-state index is 0.0279. The Hall–Kier alpha value is -2.58. The molecule has 0 saturated carbocycles. The molecule has 0 unspecified atom stereocenters. The lowest BCUT2D eigenvalue weighted by Crippen LogP contribution is -2.13. The fourth-order valence-corrected chi connectivity index (χ4v) is 3.02. The summed E-state index contributed by atoms with van der Waals surface area (Å²) in [5.74, 6) is 3.06. The third-order valence-electron chi connectivity index (χ3n) is 4.40. The summed E-state index contributed by atoms with van der Waals surface area (Å²) in [7, 11) is 0. The standard InChI is InChI=1S/C18H22N4O4/c23-5-4-19-18-21-14(13-3-6-24-10-13)8-17(22-18)20-9-12-1-2-15-16(7-12)26-11-25-15/h1-2,7-8,13,23H,3-6,9-11H2,(H2,19,20,21,22)/t13-/m1/s1. The van der Waals surface area contributed by atoms with Crippen molar-refractivity contribution in [3.8, 4) is 11.5 Å². The Morgan fingerprint density at radius 1 is 1.12 bits per heavy atom. The molecule has 4 rings (SSSR count). The van der Waals surface area contributed by atoms with E-state index in [1.54, 1.807) is 0 Å². The van der Waals surface area contributed by atoms with Gasteiger partial charge in [0.1, 0.15) is 5.82 Å². The molecule has 138 valence electrons. The largest absolute Gasteiger partial charge is 0.454 e. The van der Waals surface area contributed by atoms with Gasteiger partial charge in [-0.2, -0.15) is 4.98 Å². The molecule has 0 aliphatic carbocycles. The summed E-state index contributed by atoms with van der Waals surface area (Å²) in [6.45, 7) is 2.75. The van der Waals surface area contributed by atoms with E-state index in [-0.39, 0.29) is 19.3 Å². The molecule has 0 spiro atoms. The highest BCUT2D eigenvalue weighted by molar-refractivity contribution is 5.47. The number of rotatable bonds is 7. The third-order valence-corrected chi connectivity index (χ3v) is 4.40. The number of nitrogens with one attached hydrogen (secondary N) is 2. The Morgan fingerprint density at radius 2 is 2.04 bits per heavy atom. The number of hydrogen-bond acceptors (Lipinski definition) is 8. The number of aromatic nitrogens is 2. The first-order chi connectivity index (χ1) is 12.8. The van der Waals surface area contributed by atoms with Gasteiger partial charge in [0.25, 0.3) is 0 Å². The van der Waals surface area contributed by atoms with Gasteiger partial charge >= 0.3 is 0 Å². The van der Waals surface area contributed by atoms with Crippen molar-refractivity contribution < 1.29 is 19.3 Å². The van der Waals surface area contributed by atoms with E-state index in [1.807, 2.05) is 24.3 Å². The van der Waals surface area contributed by atoms with Crippen molar-refractivity contribution in [2.45, 2.75) is 18.9 Å². The van der Waals surface area contributed by atoms with Gasteiger partial charge < -0.3 is 30.0 Å². The zero-order valence-corrected chi connectivity index (χ0v) is 14.4. The maximum Gasteiger partial charge on any atom is 0.231 e. The Balaban J connectivity index is 1.49. The molecule has 8 nitrogen and oxygen atoms in total. The zero-order valence-electron chi connectivity index (χ0n) is 14.4. The highest BCUT2D eigenvalue weighted by Crippen LogP contribution is 2.32. The van der Waals surface area contributed by atoms with Crippen molar-refractivity contribution in [2.75, 3.05) is 43.8 Å². The molecule has 3 heterocycles. The molecule has 3 N–H and O–H groups in total. The number of benzene rings is 1. The molecule has 2 aliphatic rings. The lowest BCUT2D eigenvalue weighted by molar-refractivity contribution is 0.174. The van der Waals surface area contributed by atoms with Gasteiger partial charge in [0, 0.05) is 31.7 Å². The van der Waals surface area contributed by atoms with Crippen LogP contribution in [0.3, 0.4) is 0 Å². The van der Waals surface area contributed by atoms with Crippen molar-refractivity contribution in [3.05, 3.63) is 35.5 Å². The molecule has 26 heavy (non-hydrogen) atoms. The first kappa shape index (κ1) is 16.9. The molecule has 1 aromatic heterocycles. The summed E-state index contributed by atoms with van der Waals surface area (Å²) >= 11 is 0. The second kappa shape index (κ2) is 7.76. The van der Waals surface area contributed by atoms with Gasteiger partial charge in [0.2, 0.25) is 12.7 Å². The number of aliphatic hydroxyl groups is 1. The van der Waals surface area contributed by atoms with E-state index in [0.717, 1.165) is 41.6 Å². The predicted octanol–water partition coefficient (Wildman–Crippen LogP) is 1.73. The van der Waals surface area contributed by atoms with Crippen LogP contribution in [0.2, 0.25) is 0 Å². The summed E-state index contributed by atoms with van der Waals surface area (Å²) in [6.07, 6.45) is 0.956. The number of fused-ring (bicyclic) bond motifs is 1. The molecular weight excluding hydrogens is 336 g/mol. The summed E-state index contributed by atoms with van der Waals surface area (Å²) in [5.41, 5.74) is 2.02. The fourth-order valence-electron chi connectivity index (χ4n) is 3.02. The number of nitrogens with zero attached hydrogens (tertiary/aromatic N) is 2. The van der Waals surface area contributed by atoms with Gasteiger partial charge in [0.05, 0.1) is 18.9 Å². The van der Waals surface area contributed by atoms with Gasteiger partial charge in [-0.1, -0.05) is 6.07 Å². The molecular formula is C18H22N4O4. The fraction of sp³-hybridized carbons (Fsp3) is 0.444. The lowest BCUT2D eigenvalue weighted by atomic mass is 10.0. The third kappa shape index (κ3) is 3.81. The average Bonchev–Trinajstić information content (AvgIpc) is 3.35. The van der Waals surface area contributed by atoms with Crippen LogP contribution >= 0.6 is 0 Å². The minimum Gasteiger partial charge on any atom is -0.454 e. The molecule has 2 aliphatic heterocycles. The molecule has 1 saturated heterocycles. The summed E-state index contributed by atoms with van der Waals surface area (Å²) in [6, 6.07) is 7.84. The Morgan fingerprint density at radius 3 is 2.88 bits per heavy atom. The highest BCUT2D eigenvalue weighted by Gasteiger charge is 2.21. The van der Waals surface area contributed by atoms with Crippen molar-refractivity contribution in [3.63, 3.8) is 0 Å². The maximum absolute atomic E-state index is 9.03. The van der Waals surface area contributed by atoms with Crippen LogP contribution in [0.25, 0.3) is 0 Å². The van der Waals surface area contributed by atoms with Crippen LogP contribution in [-0.4, -0.2) is 48.2 Å². The monoisotopic (exact) mass is 358 g/mol. The smallest absolute Gasteiger partial charge is 0.231 e. The van der Waals surface area contributed by atoms with Gasteiger partial charge in [-0.05, 0) is 24.1 Å². The van der Waals surface area contributed by atoms with Gasteiger partial charge in [-0.3, -0.25) is 0 Å². The van der Waals surface area contributed by atoms with E-state index >= 15 is 0 Å². The van der Waals surface area contributed by atoms with Crippen molar-refractivity contribution >= 4 is 11.8 Å². The zero-order chi connectivity index (χ0) is 17.8. The van der Waals surface area contributed by atoms with Crippen LogP contribution < -0.4 is 20.1 Å². The normalized spacial score (nSPS) is 18.1. The van der Waals surface area contributed by atoms with Crippen LogP contribution in [0, 0.1) is 0 Å². The second-order valence-electron chi connectivity index (χ2n) is 6.25. The molecule has 0 radical (unpaired) electrons. The quantitative estimate of drug-likeness (QED) is 0.688. The molecule has 1 aromatic carbocycles. The van der Waals surface area contributed by atoms with E-state index in [4.69, 9.17) is 19.3 Å². The number of aliphatic hydroxyl groups excluding tert-OH is 1. The summed E-state index contributed by atoms with van der Waals surface area (Å²) < 4.78 is 16.2. The number of ether oxygens (including phenoxy) is 3. The number of hydrogen-bond donors (Lipinski definition) is 3. The highest BCUT2D eigenvalue weighted by atomic mass is 16.7. The average molecular weight is 358 g/mol. The summed E-state index contributed by atoms with van der Waals surface area (Å²) in [5, 5.41) is 15.4.